The molecule has 3 aromatic rings. The summed E-state index contributed by atoms with van der Waals surface area (Å²) in [6.45, 7) is 1.97. The highest BCUT2D eigenvalue weighted by atomic mass is 35.5. The monoisotopic (exact) mass is 340 g/mol. The van der Waals surface area contributed by atoms with E-state index in [1.807, 2.05) is 25.1 Å². The Balaban J connectivity index is 1.95. The number of hydrogen-bond donors (Lipinski definition) is 1. The van der Waals surface area contributed by atoms with Crippen LogP contribution in [-0.4, -0.2) is 23.4 Å². The molecule has 0 spiro atoms. The van der Waals surface area contributed by atoms with Gasteiger partial charge in [-0.2, -0.15) is 0 Å². The maximum atomic E-state index is 12.2. The summed E-state index contributed by atoms with van der Waals surface area (Å²) in [7, 11) is -3.77. The highest BCUT2D eigenvalue weighted by molar-refractivity contribution is 7.93. The van der Waals surface area contributed by atoms with Crippen LogP contribution in [0.25, 0.3) is 10.2 Å². The quantitative estimate of drug-likeness (QED) is 0.741. The van der Waals surface area contributed by atoms with Crippen LogP contribution in [0.15, 0.2) is 35.5 Å². The molecule has 2 aromatic heterocycles. The molecule has 1 N–H and O–H groups in total. The summed E-state index contributed by atoms with van der Waals surface area (Å²) < 4.78 is 27.7. The van der Waals surface area contributed by atoms with Gasteiger partial charge in [0.25, 0.3) is 10.0 Å². The van der Waals surface area contributed by atoms with E-state index in [4.69, 9.17) is 11.6 Å². The number of hydrogen-bond acceptors (Lipinski definition) is 6. The molecule has 1 aromatic carbocycles. The van der Waals surface area contributed by atoms with Gasteiger partial charge >= 0.3 is 0 Å². The lowest BCUT2D eigenvalue weighted by Gasteiger charge is -2.03. The molecule has 108 valence electrons. The van der Waals surface area contributed by atoms with Crippen molar-refractivity contribution in [3.8, 4) is 0 Å². The van der Waals surface area contributed by atoms with Crippen molar-refractivity contribution < 1.29 is 8.42 Å². The fraction of sp³-hybridized carbons (Fsp3) is 0.0833. The summed E-state index contributed by atoms with van der Waals surface area (Å²) in [5, 5.41) is 0.287. The van der Waals surface area contributed by atoms with E-state index in [2.05, 4.69) is 19.7 Å². The van der Waals surface area contributed by atoms with Gasteiger partial charge in [0.15, 0.2) is 5.13 Å². The Labute approximate surface area is 129 Å². The lowest BCUT2D eigenvalue weighted by molar-refractivity contribution is 0.600. The van der Waals surface area contributed by atoms with E-state index in [0.717, 1.165) is 28.2 Å². The Kier molecular flexibility index (Phi) is 3.52. The van der Waals surface area contributed by atoms with Gasteiger partial charge in [-0.1, -0.05) is 17.4 Å². The Hall–Kier alpha value is -1.77. The molecule has 0 saturated carbocycles. The average molecular weight is 341 g/mol. The number of halogens is 1. The molecular weight excluding hydrogens is 332 g/mol. The van der Waals surface area contributed by atoms with Crippen molar-refractivity contribution >= 4 is 48.3 Å². The van der Waals surface area contributed by atoms with E-state index in [1.165, 1.54) is 11.3 Å². The minimum Gasteiger partial charge on any atom is -0.255 e. The number of fused-ring (bicyclic) bond motifs is 1. The van der Waals surface area contributed by atoms with Crippen molar-refractivity contribution in [2.45, 2.75) is 11.8 Å². The van der Waals surface area contributed by atoms with Crippen LogP contribution < -0.4 is 4.72 Å². The van der Waals surface area contributed by atoms with Crippen LogP contribution in [-0.2, 0) is 10.0 Å². The smallest absolute Gasteiger partial charge is 0.255 e. The van der Waals surface area contributed by atoms with Crippen molar-refractivity contribution in [2.75, 3.05) is 4.72 Å². The summed E-state index contributed by atoms with van der Waals surface area (Å²) in [5.74, 6) is 0. The Bertz CT molecular complexity index is 907. The minimum atomic E-state index is -3.77. The van der Waals surface area contributed by atoms with Gasteiger partial charge in [0.1, 0.15) is 4.90 Å². The third-order valence-electron chi connectivity index (χ3n) is 2.67. The number of aryl methyl sites for hydroxylation is 1. The molecule has 0 unspecified atom stereocenters. The number of thiazole rings is 1. The topological polar surface area (TPSA) is 84.8 Å². The molecule has 3 rings (SSSR count). The molecule has 9 heteroatoms. The van der Waals surface area contributed by atoms with Crippen LogP contribution in [0.2, 0.25) is 5.28 Å². The number of nitrogens with one attached hydrogen (secondary N) is 1. The summed E-state index contributed by atoms with van der Waals surface area (Å²) in [6, 6.07) is 5.73. The van der Waals surface area contributed by atoms with Crippen LogP contribution in [0.1, 0.15) is 5.56 Å². The van der Waals surface area contributed by atoms with Crippen molar-refractivity contribution in [3.05, 3.63) is 41.4 Å². The fourth-order valence-corrected chi connectivity index (χ4v) is 3.87. The zero-order valence-corrected chi connectivity index (χ0v) is 13.1. The van der Waals surface area contributed by atoms with Gasteiger partial charge in [-0.05, 0) is 36.2 Å². The zero-order chi connectivity index (χ0) is 15.0. The maximum absolute atomic E-state index is 12.2. The van der Waals surface area contributed by atoms with Gasteiger partial charge < -0.3 is 0 Å². The van der Waals surface area contributed by atoms with Crippen LogP contribution in [0, 0.1) is 6.92 Å². The largest absolute Gasteiger partial charge is 0.266 e. The van der Waals surface area contributed by atoms with Crippen molar-refractivity contribution in [1.82, 2.24) is 15.0 Å². The van der Waals surface area contributed by atoms with Gasteiger partial charge in [0.05, 0.1) is 22.6 Å². The van der Waals surface area contributed by atoms with Gasteiger partial charge in [0, 0.05) is 0 Å². The second-order valence-corrected chi connectivity index (χ2v) is 7.33. The molecule has 0 fully saturated rings. The lowest BCUT2D eigenvalue weighted by Crippen LogP contribution is -2.13. The first-order valence-corrected chi connectivity index (χ1v) is 8.49. The molecule has 0 aliphatic carbocycles. The molecule has 2 heterocycles. The summed E-state index contributed by atoms with van der Waals surface area (Å²) in [4.78, 5) is 11.5. The standard InChI is InChI=1S/C12H9ClN4O2S2/c1-7-2-3-9-10(4-7)20-12(16-9)17-21(18,19)8-5-14-11(13)15-6-8/h2-6H,1H3,(H,16,17). The molecule has 0 radical (unpaired) electrons. The second kappa shape index (κ2) is 5.21. The Morgan fingerprint density at radius 3 is 2.67 bits per heavy atom. The van der Waals surface area contributed by atoms with E-state index in [1.54, 1.807) is 0 Å². The summed E-state index contributed by atoms with van der Waals surface area (Å²) in [6.07, 6.45) is 2.30. The number of benzene rings is 1. The van der Waals surface area contributed by atoms with Crippen LogP contribution >= 0.6 is 22.9 Å². The molecule has 21 heavy (non-hydrogen) atoms. The highest BCUT2D eigenvalue weighted by Crippen LogP contribution is 2.28. The first-order chi connectivity index (χ1) is 9.94. The van der Waals surface area contributed by atoms with E-state index in [-0.39, 0.29) is 10.2 Å². The first-order valence-electron chi connectivity index (χ1n) is 5.82. The highest BCUT2D eigenvalue weighted by Gasteiger charge is 2.17. The maximum Gasteiger partial charge on any atom is 0.266 e. The molecule has 0 amide bonds. The second-order valence-electron chi connectivity index (χ2n) is 4.28. The number of anilines is 1. The molecule has 0 atom stereocenters. The molecule has 0 aliphatic heterocycles. The van der Waals surface area contributed by atoms with E-state index >= 15 is 0 Å². The van der Waals surface area contributed by atoms with Gasteiger partial charge in [0.2, 0.25) is 5.28 Å². The summed E-state index contributed by atoms with van der Waals surface area (Å²) >= 11 is 6.81. The molecule has 0 bridgehead atoms. The SMILES string of the molecule is Cc1ccc2nc(NS(=O)(=O)c3cnc(Cl)nc3)sc2c1. The predicted octanol–water partition coefficient (Wildman–Crippen LogP) is 2.85. The van der Waals surface area contributed by atoms with Crippen molar-refractivity contribution in [1.29, 1.82) is 0 Å². The van der Waals surface area contributed by atoms with Crippen molar-refractivity contribution in [2.24, 2.45) is 0 Å². The van der Waals surface area contributed by atoms with Crippen LogP contribution in [0.4, 0.5) is 5.13 Å². The Morgan fingerprint density at radius 1 is 1.24 bits per heavy atom. The molecular formula is C12H9ClN4O2S2. The van der Waals surface area contributed by atoms with Gasteiger partial charge in [-0.3, -0.25) is 4.72 Å². The third kappa shape index (κ3) is 2.97. The first kappa shape index (κ1) is 14.2. The predicted molar refractivity (Wildman–Crippen MR) is 82.2 cm³/mol. The van der Waals surface area contributed by atoms with E-state index in [0.29, 0.717) is 5.13 Å². The third-order valence-corrected chi connectivity index (χ3v) is 5.22. The van der Waals surface area contributed by atoms with Crippen LogP contribution in [0.3, 0.4) is 0 Å². The molecule has 0 saturated heterocycles. The number of rotatable bonds is 3. The lowest BCUT2D eigenvalue weighted by atomic mass is 10.2. The summed E-state index contributed by atoms with van der Waals surface area (Å²) in [5.41, 5.74) is 1.84. The zero-order valence-electron chi connectivity index (χ0n) is 10.7. The number of aromatic nitrogens is 3. The van der Waals surface area contributed by atoms with E-state index < -0.39 is 10.0 Å². The average Bonchev–Trinajstić information content (AvgIpc) is 2.79. The van der Waals surface area contributed by atoms with E-state index in [9.17, 15) is 8.42 Å². The Morgan fingerprint density at radius 2 is 1.95 bits per heavy atom. The number of sulfonamides is 1. The minimum absolute atomic E-state index is 0.00980. The molecule has 0 aliphatic rings. The fourth-order valence-electron chi connectivity index (χ4n) is 1.69. The van der Waals surface area contributed by atoms with Crippen LogP contribution in [0.5, 0.6) is 0 Å². The van der Waals surface area contributed by atoms with Gasteiger partial charge in [-0.25, -0.2) is 23.4 Å². The molecule has 6 nitrogen and oxygen atoms in total. The van der Waals surface area contributed by atoms with Gasteiger partial charge in [-0.15, -0.1) is 0 Å². The number of nitrogens with zero attached hydrogens (tertiary/aromatic N) is 3. The normalized spacial score (nSPS) is 11.7. The van der Waals surface area contributed by atoms with Crippen molar-refractivity contribution in [3.63, 3.8) is 0 Å².